The number of nitrogen functional groups attached to an aromatic ring is 1. The van der Waals surface area contributed by atoms with Gasteiger partial charge in [-0.3, -0.25) is 4.98 Å². The van der Waals surface area contributed by atoms with E-state index in [9.17, 15) is 0 Å². The molecule has 3 N–H and O–H groups in total. The molecule has 0 aliphatic carbocycles. The summed E-state index contributed by atoms with van der Waals surface area (Å²) >= 11 is 0. The number of hydrogen-bond donors (Lipinski definition) is 2. The number of pyridine rings is 3. The number of ether oxygens (including phenoxy) is 1. The average Bonchev–Trinajstić information content (AvgIpc) is 3.50. The Morgan fingerprint density at radius 2 is 1.88 bits per heavy atom. The van der Waals surface area contributed by atoms with Crippen molar-refractivity contribution in [1.29, 1.82) is 0 Å². The van der Waals surface area contributed by atoms with E-state index < -0.39 is 0 Å². The van der Waals surface area contributed by atoms with Gasteiger partial charge in [-0.15, -0.1) is 0 Å². The number of hydrogen-bond acceptors (Lipinski definition) is 6. The normalized spacial score (nSPS) is 14.5. The molecule has 0 aromatic carbocycles. The lowest BCUT2D eigenvalue weighted by atomic mass is 9.99. The van der Waals surface area contributed by atoms with E-state index in [0.29, 0.717) is 19.0 Å². The molecule has 6 heterocycles. The minimum Gasteiger partial charge on any atom is -0.383 e. The predicted molar refractivity (Wildman–Crippen MR) is 126 cm³/mol. The van der Waals surface area contributed by atoms with Crippen molar-refractivity contribution in [2.75, 3.05) is 36.9 Å². The summed E-state index contributed by atoms with van der Waals surface area (Å²) in [6.07, 6.45) is 9.45. The SMILES string of the molecule is Cc1c(-c2cnc3cc[nH]c3c2)cc(-c2cc(N3CCOCC3)cnc2N)c2nccn12. The number of aromatic amines is 1. The first-order chi connectivity index (χ1) is 15.7. The summed E-state index contributed by atoms with van der Waals surface area (Å²) in [5.74, 6) is 0.486. The summed E-state index contributed by atoms with van der Waals surface area (Å²) in [6.45, 7) is 5.20. The molecule has 5 aromatic rings. The van der Waals surface area contributed by atoms with Crippen molar-refractivity contribution in [1.82, 2.24) is 24.3 Å². The van der Waals surface area contributed by atoms with E-state index in [4.69, 9.17) is 10.5 Å². The first kappa shape index (κ1) is 18.8. The second kappa shape index (κ2) is 7.35. The minimum atomic E-state index is 0.486. The molecule has 160 valence electrons. The number of aryl methyl sites for hydroxylation is 1. The molecular weight excluding hydrogens is 402 g/mol. The number of anilines is 2. The number of imidazole rings is 1. The van der Waals surface area contributed by atoms with Crippen LogP contribution in [0.2, 0.25) is 0 Å². The van der Waals surface area contributed by atoms with Crippen LogP contribution in [0, 0.1) is 6.92 Å². The molecule has 0 atom stereocenters. The molecule has 0 amide bonds. The Hall–Kier alpha value is -3.91. The maximum Gasteiger partial charge on any atom is 0.144 e. The van der Waals surface area contributed by atoms with Gasteiger partial charge in [-0.25, -0.2) is 9.97 Å². The minimum absolute atomic E-state index is 0.486. The van der Waals surface area contributed by atoms with E-state index in [2.05, 4.69) is 54.4 Å². The van der Waals surface area contributed by atoms with Crippen molar-refractivity contribution < 1.29 is 4.74 Å². The van der Waals surface area contributed by atoms with Gasteiger partial charge in [0.2, 0.25) is 0 Å². The van der Waals surface area contributed by atoms with Gasteiger partial charge in [-0.2, -0.15) is 0 Å². The summed E-state index contributed by atoms with van der Waals surface area (Å²) in [6, 6.07) is 8.37. The fourth-order valence-corrected chi connectivity index (χ4v) is 4.46. The summed E-state index contributed by atoms with van der Waals surface area (Å²) in [5.41, 5.74) is 15.3. The molecule has 1 fully saturated rings. The lowest BCUT2D eigenvalue weighted by Gasteiger charge is -2.29. The molecule has 0 radical (unpaired) electrons. The van der Waals surface area contributed by atoms with E-state index in [1.54, 1.807) is 0 Å². The maximum atomic E-state index is 6.39. The van der Waals surface area contributed by atoms with Crippen LogP contribution in [0.15, 0.2) is 55.2 Å². The molecule has 5 aromatic heterocycles. The number of H-pyrrole nitrogens is 1. The number of fused-ring (bicyclic) bond motifs is 2. The lowest BCUT2D eigenvalue weighted by molar-refractivity contribution is 0.122. The molecule has 0 spiro atoms. The van der Waals surface area contributed by atoms with Crippen LogP contribution in [0.5, 0.6) is 0 Å². The van der Waals surface area contributed by atoms with E-state index in [1.165, 1.54) is 0 Å². The number of nitrogens with zero attached hydrogens (tertiary/aromatic N) is 5. The van der Waals surface area contributed by atoms with Gasteiger partial charge in [0.1, 0.15) is 11.5 Å². The van der Waals surface area contributed by atoms with Gasteiger partial charge in [-0.1, -0.05) is 0 Å². The van der Waals surface area contributed by atoms with Crippen molar-refractivity contribution in [2.24, 2.45) is 0 Å². The van der Waals surface area contributed by atoms with Crippen LogP contribution in [0.25, 0.3) is 38.9 Å². The van der Waals surface area contributed by atoms with Crippen molar-refractivity contribution in [3.63, 3.8) is 0 Å². The molecule has 1 saturated heterocycles. The molecular formula is C24H23N7O. The molecule has 1 aliphatic rings. The highest BCUT2D eigenvalue weighted by Gasteiger charge is 2.19. The molecule has 8 heteroatoms. The highest BCUT2D eigenvalue weighted by atomic mass is 16.5. The van der Waals surface area contributed by atoms with Crippen LogP contribution in [-0.2, 0) is 4.74 Å². The van der Waals surface area contributed by atoms with Gasteiger partial charge in [-0.05, 0) is 31.2 Å². The number of morpholine rings is 1. The van der Waals surface area contributed by atoms with E-state index in [0.717, 1.165) is 63.4 Å². The quantitative estimate of drug-likeness (QED) is 0.458. The highest BCUT2D eigenvalue weighted by molar-refractivity contribution is 5.90. The topological polar surface area (TPSA) is 97.4 Å². The molecule has 1 aliphatic heterocycles. The van der Waals surface area contributed by atoms with Crippen LogP contribution < -0.4 is 10.6 Å². The van der Waals surface area contributed by atoms with Crippen LogP contribution in [0.1, 0.15) is 5.69 Å². The third-order valence-corrected chi connectivity index (χ3v) is 6.20. The number of nitrogens with one attached hydrogen (secondary N) is 1. The predicted octanol–water partition coefficient (Wildman–Crippen LogP) is 3.67. The number of rotatable bonds is 3. The van der Waals surface area contributed by atoms with Crippen LogP contribution >= 0.6 is 0 Å². The standard InChI is InChI=1S/C24H23N7O/c1-15-18(16-10-22-21(28-13-16)2-3-26-22)12-20(24-27-4-5-31(15)24)19-11-17(14-29-23(19)25)30-6-8-32-9-7-30/h2-5,10-14,26H,6-9H2,1H3,(H2,25,29). The summed E-state index contributed by atoms with van der Waals surface area (Å²) in [7, 11) is 0. The first-order valence-electron chi connectivity index (χ1n) is 10.7. The monoisotopic (exact) mass is 425 g/mol. The second-order valence-corrected chi connectivity index (χ2v) is 8.04. The summed E-state index contributed by atoms with van der Waals surface area (Å²) in [4.78, 5) is 19.3. The molecule has 0 unspecified atom stereocenters. The molecule has 32 heavy (non-hydrogen) atoms. The third-order valence-electron chi connectivity index (χ3n) is 6.20. The Morgan fingerprint density at radius 1 is 1.00 bits per heavy atom. The number of nitrogens with two attached hydrogens (primary N) is 1. The average molecular weight is 425 g/mol. The van der Waals surface area contributed by atoms with Gasteiger partial charge in [0.05, 0.1) is 36.1 Å². The fourth-order valence-electron chi connectivity index (χ4n) is 4.46. The number of aromatic nitrogens is 5. The Balaban J connectivity index is 1.55. The molecule has 8 nitrogen and oxygen atoms in total. The lowest BCUT2D eigenvalue weighted by Crippen LogP contribution is -2.36. The van der Waals surface area contributed by atoms with Gasteiger partial charge in [0.25, 0.3) is 0 Å². The smallest absolute Gasteiger partial charge is 0.144 e. The zero-order valence-corrected chi connectivity index (χ0v) is 17.7. The maximum absolute atomic E-state index is 6.39. The fraction of sp³-hybridized carbons (Fsp3) is 0.208. The van der Waals surface area contributed by atoms with Crippen LogP contribution in [0.4, 0.5) is 11.5 Å². The van der Waals surface area contributed by atoms with Gasteiger partial charge >= 0.3 is 0 Å². The zero-order valence-electron chi connectivity index (χ0n) is 17.7. The third kappa shape index (κ3) is 2.99. The summed E-state index contributed by atoms with van der Waals surface area (Å²) < 4.78 is 7.60. The van der Waals surface area contributed by atoms with Crippen molar-refractivity contribution in [2.45, 2.75) is 6.92 Å². The first-order valence-corrected chi connectivity index (χ1v) is 10.7. The second-order valence-electron chi connectivity index (χ2n) is 8.04. The molecule has 6 rings (SSSR count). The van der Waals surface area contributed by atoms with Gasteiger partial charge in [0, 0.05) is 65.8 Å². The highest BCUT2D eigenvalue weighted by Crippen LogP contribution is 2.36. The van der Waals surface area contributed by atoms with Crippen LogP contribution in [0.3, 0.4) is 0 Å². The Morgan fingerprint density at radius 3 is 2.75 bits per heavy atom. The van der Waals surface area contributed by atoms with Crippen LogP contribution in [-0.4, -0.2) is 50.6 Å². The van der Waals surface area contributed by atoms with E-state index in [-0.39, 0.29) is 0 Å². The Kier molecular flexibility index (Phi) is 4.32. The summed E-state index contributed by atoms with van der Waals surface area (Å²) in [5, 5.41) is 0. The van der Waals surface area contributed by atoms with Crippen molar-refractivity contribution >= 4 is 28.2 Å². The van der Waals surface area contributed by atoms with Gasteiger partial charge in [0.15, 0.2) is 0 Å². The molecule has 0 saturated carbocycles. The Bertz CT molecular complexity index is 1450. The van der Waals surface area contributed by atoms with Crippen molar-refractivity contribution in [3.8, 4) is 22.3 Å². The zero-order chi connectivity index (χ0) is 21.7. The largest absolute Gasteiger partial charge is 0.383 e. The van der Waals surface area contributed by atoms with Gasteiger partial charge < -0.3 is 24.8 Å². The van der Waals surface area contributed by atoms with E-state index >= 15 is 0 Å². The Labute approximate surface area is 184 Å². The van der Waals surface area contributed by atoms with E-state index in [1.807, 2.05) is 37.1 Å². The van der Waals surface area contributed by atoms with Crippen molar-refractivity contribution in [3.05, 3.63) is 60.9 Å². The molecule has 0 bridgehead atoms.